The van der Waals surface area contributed by atoms with Crippen molar-refractivity contribution >= 4 is 0 Å². The summed E-state index contributed by atoms with van der Waals surface area (Å²) in [4.78, 5) is 0. The zero-order chi connectivity index (χ0) is 16.1. The topological polar surface area (TPSA) is 0 Å². The summed E-state index contributed by atoms with van der Waals surface area (Å²) < 4.78 is 0. The fourth-order valence-electron chi connectivity index (χ4n) is 1.99. The van der Waals surface area contributed by atoms with Crippen LogP contribution < -0.4 is 0 Å². The van der Waals surface area contributed by atoms with Gasteiger partial charge in [-0.25, -0.2) is 0 Å². The van der Waals surface area contributed by atoms with E-state index in [0.717, 1.165) is 0 Å². The quantitative estimate of drug-likeness (QED) is 0.533. The number of aryl methyl sites for hydroxylation is 1. The Morgan fingerprint density at radius 3 is 1.24 bits per heavy atom. The third-order valence-corrected chi connectivity index (χ3v) is 3.56. The minimum absolute atomic E-state index is 0.285. The van der Waals surface area contributed by atoms with Crippen LogP contribution >= 0.6 is 0 Å². The van der Waals surface area contributed by atoms with Crippen LogP contribution in [0.4, 0.5) is 0 Å². The van der Waals surface area contributed by atoms with Gasteiger partial charge in [-0.15, -0.1) is 0 Å². The molecule has 2 rings (SSSR count). The second-order valence-electron chi connectivity index (χ2n) is 7.73. The Morgan fingerprint density at radius 1 is 0.524 bits per heavy atom. The summed E-state index contributed by atoms with van der Waals surface area (Å²) in [6.45, 7) is 15.5. The maximum absolute atomic E-state index is 2.23. The first-order valence-electron chi connectivity index (χ1n) is 7.73. The molecule has 0 spiro atoms. The summed E-state index contributed by atoms with van der Waals surface area (Å²) in [6.07, 6.45) is 0. The second-order valence-corrected chi connectivity index (χ2v) is 7.73. The van der Waals surface area contributed by atoms with Gasteiger partial charge in [-0.05, 0) is 28.9 Å². The first-order chi connectivity index (χ1) is 9.60. The van der Waals surface area contributed by atoms with Crippen LogP contribution in [0.15, 0.2) is 54.6 Å². The summed E-state index contributed by atoms with van der Waals surface area (Å²) in [7, 11) is 0. The van der Waals surface area contributed by atoms with E-state index in [-0.39, 0.29) is 5.41 Å². The van der Waals surface area contributed by atoms with E-state index < -0.39 is 0 Å². The van der Waals surface area contributed by atoms with Crippen LogP contribution in [0, 0.1) is 6.92 Å². The van der Waals surface area contributed by atoms with Gasteiger partial charge in [0.15, 0.2) is 0 Å². The van der Waals surface area contributed by atoms with Gasteiger partial charge < -0.3 is 0 Å². The SMILES string of the molecule is CC(C)(C)c1ccccc1.Cc1ccc(C(C)(C)C)cc1. The van der Waals surface area contributed by atoms with E-state index in [0.29, 0.717) is 5.41 Å². The lowest BCUT2D eigenvalue weighted by Gasteiger charge is -2.18. The van der Waals surface area contributed by atoms with Crippen molar-refractivity contribution in [3.05, 3.63) is 71.3 Å². The van der Waals surface area contributed by atoms with Crippen molar-refractivity contribution in [3.8, 4) is 0 Å². The first kappa shape index (κ1) is 17.5. The van der Waals surface area contributed by atoms with E-state index in [1.807, 2.05) is 0 Å². The summed E-state index contributed by atoms with van der Waals surface area (Å²) in [6, 6.07) is 19.3. The Morgan fingerprint density at radius 2 is 0.905 bits per heavy atom. The molecule has 0 atom stereocenters. The van der Waals surface area contributed by atoms with Crippen molar-refractivity contribution < 1.29 is 0 Å². The lowest BCUT2D eigenvalue weighted by molar-refractivity contribution is 0.590. The zero-order valence-electron chi connectivity index (χ0n) is 14.7. The number of hydrogen-bond acceptors (Lipinski definition) is 0. The van der Waals surface area contributed by atoms with Crippen molar-refractivity contribution in [1.29, 1.82) is 0 Å². The van der Waals surface area contributed by atoms with Crippen molar-refractivity contribution in [2.24, 2.45) is 0 Å². The molecule has 0 heterocycles. The van der Waals surface area contributed by atoms with Crippen molar-refractivity contribution in [3.63, 3.8) is 0 Å². The molecule has 21 heavy (non-hydrogen) atoms. The highest BCUT2D eigenvalue weighted by atomic mass is 14.2. The van der Waals surface area contributed by atoms with E-state index in [4.69, 9.17) is 0 Å². The van der Waals surface area contributed by atoms with E-state index in [1.54, 1.807) is 0 Å². The molecule has 0 aliphatic rings. The van der Waals surface area contributed by atoms with Gasteiger partial charge in [0.1, 0.15) is 0 Å². The Balaban J connectivity index is 0.000000211. The Kier molecular flexibility index (Phi) is 5.78. The van der Waals surface area contributed by atoms with Gasteiger partial charge in [0.25, 0.3) is 0 Å². The van der Waals surface area contributed by atoms with Crippen LogP contribution in [-0.2, 0) is 10.8 Å². The molecule has 2 aromatic carbocycles. The lowest BCUT2D eigenvalue weighted by atomic mass is 9.87. The van der Waals surface area contributed by atoms with E-state index in [2.05, 4.69) is 103 Å². The Bertz CT molecular complexity index is 519. The van der Waals surface area contributed by atoms with E-state index in [1.165, 1.54) is 16.7 Å². The molecule has 0 saturated carbocycles. The molecule has 0 unspecified atom stereocenters. The van der Waals surface area contributed by atoms with Crippen molar-refractivity contribution in [1.82, 2.24) is 0 Å². The summed E-state index contributed by atoms with van der Waals surface area (Å²) in [5.74, 6) is 0. The molecule has 0 amide bonds. The maximum atomic E-state index is 2.23. The molecule has 0 fully saturated rings. The fourth-order valence-corrected chi connectivity index (χ4v) is 1.99. The average Bonchev–Trinajstić information content (AvgIpc) is 2.39. The highest BCUT2D eigenvalue weighted by Crippen LogP contribution is 2.22. The van der Waals surface area contributed by atoms with Gasteiger partial charge in [0.2, 0.25) is 0 Å². The van der Waals surface area contributed by atoms with Crippen LogP contribution in [0.2, 0.25) is 0 Å². The van der Waals surface area contributed by atoms with E-state index in [9.17, 15) is 0 Å². The first-order valence-corrected chi connectivity index (χ1v) is 7.73. The molecular weight excluding hydrogens is 252 g/mol. The molecule has 0 radical (unpaired) electrons. The van der Waals surface area contributed by atoms with Crippen LogP contribution in [0.3, 0.4) is 0 Å². The smallest absolute Gasteiger partial charge is 0.0132 e. The Labute approximate surface area is 131 Å². The molecule has 2 aromatic rings. The molecule has 0 aromatic heterocycles. The van der Waals surface area contributed by atoms with Gasteiger partial charge >= 0.3 is 0 Å². The summed E-state index contributed by atoms with van der Waals surface area (Å²) >= 11 is 0. The molecular formula is C21H30. The highest BCUT2D eigenvalue weighted by molar-refractivity contribution is 5.26. The predicted octanol–water partition coefficient (Wildman–Crippen LogP) is 6.28. The molecule has 0 bridgehead atoms. The van der Waals surface area contributed by atoms with Gasteiger partial charge in [0.05, 0.1) is 0 Å². The molecule has 114 valence electrons. The van der Waals surface area contributed by atoms with Crippen molar-refractivity contribution in [2.45, 2.75) is 59.3 Å². The van der Waals surface area contributed by atoms with Gasteiger partial charge in [-0.1, -0.05) is 102 Å². The second kappa shape index (κ2) is 6.93. The molecule has 0 heteroatoms. The fraction of sp³-hybridized carbons (Fsp3) is 0.429. The largest absolute Gasteiger partial charge is 0.0622 e. The standard InChI is InChI=1S/C11H16.C10H14/c1-9-5-7-10(8-6-9)11(2,3)4;1-10(2,3)9-7-5-4-6-8-9/h5-8H,1-4H3;4-8H,1-3H3. The van der Waals surface area contributed by atoms with Crippen LogP contribution in [-0.4, -0.2) is 0 Å². The minimum atomic E-state index is 0.285. The van der Waals surface area contributed by atoms with E-state index >= 15 is 0 Å². The lowest BCUT2D eigenvalue weighted by Crippen LogP contribution is -2.10. The molecule has 0 nitrogen and oxygen atoms in total. The average molecular weight is 282 g/mol. The zero-order valence-corrected chi connectivity index (χ0v) is 14.7. The van der Waals surface area contributed by atoms with Gasteiger partial charge in [-0.3, -0.25) is 0 Å². The highest BCUT2D eigenvalue weighted by Gasteiger charge is 2.12. The van der Waals surface area contributed by atoms with Gasteiger partial charge in [-0.2, -0.15) is 0 Å². The molecule has 0 aliphatic heterocycles. The van der Waals surface area contributed by atoms with Crippen LogP contribution in [0.5, 0.6) is 0 Å². The third-order valence-electron chi connectivity index (χ3n) is 3.56. The predicted molar refractivity (Wildman–Crippen MR) is 95.0 cm³/mol. The third kappa shape index (κ3) is 6.16. The number of hydrogen-bond donors (Lipinski definition) is 0. The normalized spacial score (nSPS) is 11.6. The molecule has 0 N–H and O–H groups in total. The van der Waals surface area contributed by atoms with Crippen LogP contribution in [0.25, 0.3) is 0 Å². The summed E-state index contributed by atoms with van der Waals surface area (Å²) in [5.41, 5.74) is 4.71. The number of benzene rings is 2. The maximum Gasteiger partial charge on any atom is -0.0132 e. The van der Waals surface area contributed by atoms with Crippen LogP contribution in [0.1, 0.15) is 58.2 Å². The minimum Gasteiger partial charge on any atom is -0.0622 e. The summed E-state index contributed by atoms with van der Waals surface area (Å²) in [5, 5.41) is 0. The van der Waals surface area contributed by atoms with Crippen molar-refractivity contribution in [2.75, 3.05) is 0 Å². The monoisotopic (exact) mass is 282 g/mol. The van der Waals surface area contributed by atoms with Gasteiger partial charge in [0, 0.05) is 0 Å². The molecule has 0 saturated heterocycles. The number of rotatable bonds is 0. The Hall–Kier alpha value is -1.56. The molecule has 0 aliphatic carbocycles.